The molecule has 2 aliphatic rings. The molecule has 0 saturated carbocycles. The van der Waals surface area contributed by atoms with E-state index in [2.05, 4.69) is 0 Å². The van der Waals surface area contributed by atoms with Crippen molar-refractivity contribution in [1.82, 2.24) is 0 Å². The molecule has 0 saturated heterocycles. The van der Waals surface area contributed by atoms with Gasteiger partial charge in [0.15, 0.2) is 0 Å². The van der Waals surface area contributed by atoms with Gasteiger partial charge in [0.2, 0.25) is 5.78 Å². The predicted molar refractivity (Wildman–Crippen MR) is 198 cm³/mol. The Bertz CT molecular complexity index is 2290. The number of aliphatic hydroxyl groups is 1. The molecule has 6 nitrogen and oxygen atoms in total. The van der Waals surface area contributed by atoms with Gasteiger partial charge in [-0.05, 0) is 108 Å². The van der Waals surface area contributed by atoms with Gasteiger partial charge in [-0.1, -0.05) is 47.5 Å². The highest BCUT2D eigenvalue weighted by molar-refractivity contribution is 6.31. The summed E-state index contributed by atoms with van der Waals surface area (Å²) in [6.07, 6.45) is 6.93. The van der Waals surface area contributed by atoms with E-state index in [4.69, 9.17) is 41.8 Å². The van der Waals surface area contributed by atoms with Crippen molar-refractivity contribution in [3.63, 3.8) is 0 Å². The molecule has 0 amide bonds. The van der Waals surface area contributed by atoms with Crippen LogP contribution < -0.4 is 9.47 Å². The molecule has 0 spiro atoms. The van der Waals surface area contributed by atoms with Crippen molar-refractivity contribution >= 4 is 46.6 Å². The second-order valence-electron chi connectivity index (χ2n) is 11.4. The van der Waals surface area contributed by atoms with Crippen LogP contribution in [0.1, 0.15) is 16.7 Å². The highest BCUT2D eigenvalue weighted by Crippen LogP contribution is 2.40. The smallest absolute Gasteiger partial charge is 0.365 e. The Hall–Kier alpha value is -5.82. The summed E-state index contributed by atoms with van der Waals surface area (Å²) >= 11 is 12.3. The molecule has 8 heteroatoms. The molecular weight excluding hydrogens is 671 g/mol. The number of ketones is 1. The first-order valence-corrected chi connectivity index (χ1v) is 16.4. The molecule has 1 aromatic heterocycles. The molecule has 1 N–H and O–H groups in total. The number of para-hydroxylation sites is 2. The predicted octanol–water partition coefficient (Wildman–Crippen LogP) is 11.0. The van der Waals surface area contributed by atoms with Gasteiger partial charge in [-0.15, -0.1) is 0 Å². The van der Waals surface area contributed by atoms with E-state index in [1.807, 2.05) is 97.1 Å². The van der Waals surface area contributed by atoms with Crippen molar-refractivity contribution < 1.29 is 28.5 Å². The number of carbonyl (C=O) groups excluding carboxylic acids is 1. The molecule has 0 fully saturated rings. The maximum atomic E-state index is 13.6. The van der Waals surface area contributed by atoms with Gasteiger partial charge in [0, 0.05) is 15.6 Å². The average Bonchev–Trinajstić information content (AvgIpc) is 3.16. The number of hydrogen-bond donors (Lipinski definition) is 1. The minimum Gasteiger partial charge on any atom is -0.506 e. The van der Waals surface area contributed by atoms with E-state index in [1.54, 1.807) is 50.6 Å². The van der Waals surface area contributed by atoms with Gasteiger partial charge in [-0.3, -0.25) is 4.79 Å². The van der Waals surface area contributed by atoms with Gasteiger partial charge in [-0.25, -0.2) is 4.42 Å². The van der Waals surface area contributed by atoms with Crippen molar-refractivity contribution in [2.75, 3.05) is 14.2 Å². The number of hydrogen-bond acceptors (Lipinski definition) is 5. The third-order valence-electron chi connectivity index (χ3n) is 8.25. The highest BCUT2D eigenvalue weighted by Gasteiger charge is 2.33. The van der Waals surface area contributed by atoms with Crippen LogP contribution in [0.25, 0.3) is 40.2 Å². The van der Waals surface area contributed by atoms with E-state index in [0.29, 0.717) is 55.7 Å². The zero-order valence-electron chi connectivity index (χ0n) is 26.9. The van der Waals surface area contributed by atoms with Crippen LogP contribution in [0, 0.1) is 0 Å². The van der Waals surface area contributed by atoms with Crippen LogP contribution in [-0.4, -0.2) is 25.1 Å². The lowest BCUT2D eigenvalue weighted by molar-refractivity contribution is -0.113. The van der Waals surface area contributed by atoms with E-state index in [-0.39, 0.29) is 22.7 Å². The number of Topliss-reactive ketones (excluding diaryl/α,β-unsaturated/α-hetero) is 1. The second-order valence-corrected chi connectivity index (χ2v) is 12.3. The zero-order valence-corrected chi connectivity index (χ0v) is 28.5. The molecule has 1 aliphatic heterocycles. The lowest BCUT2D eigenvalue weighted by Gasteiger charge is -2.22. The molecule has 50 heavy (non-hydrogen) atoms. The van der Waals surface area contributed by atoms with Crippen molar-refractivity contribution in [1.29, 1.82) is 0 Å². The summed E-state index contributed by atoms with van der Waals surface area (Å²) < 4.78 is 23.9. The largest absolute Gasteiger partial charge is 0.506 e. The van der Waals surface area contributed by atoms with Gasteiger partial charge < -0.3 is 19.3 Å². The summed E-state index contributed by atoms with van der Waals surface area (Å²) in [6.45, 7) is 0. The Kier molecular flexibility index (Phi) is 9.13. The van der Waals surface area contributed by atoms with Crippen LogP contribution in [0.4, 0.5) is 0 Å². The first-order valence-electron chi connectivity index (χ1n) is 15.6. The minimum absolute atomic E-state index is 0.115. The zero-order chi connectivity index (χ0) is 34.8. The molecule has 5 aromatic rings. The third-order valence-corrected chi connectivity index (χ3v) is 8.76. The number of allylic oxidation sites excluding steroid dienone is 6. The lowest BCUT2D eigenvalue weighted by Crippen LogP contribution is -2.21. The lowest BCUT2D eigenvalue weighted by atomic mass is 9.85. The Balaban J connectivity index is 1.30. The fraction of sp³-hybridized carbons (Fsp3) is 0.0476. The fourth-order valence-corrected chi connectivity index (χ4v) is 5.98. The molecule has 7 rings (SSSR count). The van der Waals surface area contributed by atoms with Crippen molar-refractivity contribution in [2.45, 2.75) is 0 Å². The molecule has 1 aliphatic carbocycles. The van der Waals surface area contributed by atoms with Crippen LogP contribution in [-0.2, 0) is 9.53 Å². The van der Waals surface area contributed by atoms with Gasteiger partial charge in [-0.2, -0.15) is 0 Å². The number of halogens is 2. The summed E-state index contributed by atoms with van der Waals surface area (Å²) in [4.78, 5) is 13.6. The number of aliphatic hydroxyl groups excluding tert-OH is 1. The summed E-state index contributed by atoms with van der Waals surface area (Å²) in [5.41, 5.74) is 4.70. The summed E-state index contributed by atoms with van der Waals surface area (Å²) in [7, 11) is 3.19. The second kappa shape index (κ2) is 14.0. The standard InChI is InChI=1S/C42H28Cl2O6/c1-47-35-9-5-3-7-31(35)39-23-25(21-37(49-39)27-11-15-29(43)16-12-27)19-33-41(45)34(42(33)46)20-26-22-38(28-13-17-30(44)18-14-28)50-40(24-26)32-8-4-6-10-36(32)48-2/h3-24H,1-2H3/p+1. The van der Waals surface area contributed by atoms with Crippen LogP contribution in [0.5, 0.6) is 11.5 Å². The molecule has 0 atom stereocenters. The minimum atomic E-state index is -0.303. The van der Waals surface area contributed by atoms with E-state index in [0.717, 1.165) is 22.3 Å². The number of carbonyl (C=O) groups is 1. The normalized spacial score (nSPS) is 15.7. The molecule has 0 bridgehead atoms. The molecule has 246 valence electrons. The van der Waals surface area contributed by atoms with Crippen LogP contribution in [0.2, 0.25) is 10.0 Å². The number of rotatable bonds is 8. The molecule has 0 unspecified atom stereocenters. The molecule has 4 aromatic carbocycles. The van der Waals surface area contributed by atoms with Crippen LogP contribution in [0.3, 0.4) is 0 Å². The summed E-state index contributed by atoms with van der Waals surface area (Å²) in [5, 5.41) is 12.5. The Morgan fingerprint density at radius 3 is 1.88 bits per heavy atom. The highest BCUT2D eigenvalue weighted by atomic mass is 35.5. The quantitative estimate of drug-likeness (QED) is 0.128. The first-order chi connectivity index (χ1) is 24.3. The SMILES string of the molecule is COc1ccccc1C1=CC(=CC2=C(O)C(=Cc3cc(-c4ccc(Cl)cc4)[o+]c(-c4ccccc4OC)c3)C2=O)C=C(c2ccc(Cl)cc2)O1. The van der Waals surface area contributed by atoms with E-state index >= 15 is 0 Å². The van der Waals surface area contributed by atoms with E-state index < -0.39 is 0 Å². The molecular formula is C42H29Cl2O6+. The van der Waals surface area contributed by atoms with Gasteiger partial charge in [0.05, 0.1) is 48.6 Å². The maximum absolute atomic E-state index is 13.6. The van der Waals surface area contributed by atoms with E-state index in [1.165, 1.54) is 0 Å². The molecule has 0 radical (unpaired) electrons. The third kappa shape index (κ3) is 6.59. The van der Waals surface area contributed by atoms with Crippen molar-refractivity contribution in [3.05, 3.63) is 177 Å². The monoisotopic (exact) mass is 699 g/mol. The summed E-state index contributed by atoms with van der Waals surface area (Å²) in [5.74, 6) is 2.98. The van der Waals surface area contributed by atoms with Crippen LogP contribution >= 0.6 is 23.2 Å². The van der Waals surface area contributed by atoms with Crippen molar-refractivity contribution in [3.8, 4) is 34.1 Å². The average molecular weight is 701 g/mol. The fourth-order valence-electron chi connectivity index (χ4n) is 5.73. The first kappa shape index (κ1) is 32.7. The van der Waals surface area contributed by atoms with Crippen LogP contribution in [0.15, 0.2) is 154 Å². The Labute approximate surface area is 299 Å². The van der Waals surface area contributed by atoms with E-state index in [9.17, 15) is 9.90 Å². The summed E-state index contributed by atoms with van der Waals surface area (Å²) in [6, 6.07) is 33.2. The number of benzene rings is 4. The van der Waals surface area contributed by atoms with Gasteiger partial charge in [0.1, 0.15) is 34.3 Å². The Morgan fingerprint density at radius 1 is 0.680 bits per heavy atom. The Morgan fingerprint density at radius 2 is 1.24 bits per heavy atom. The van der Waals surface area contributed by atoms with Gasteiger partial charge in [0.25, 0.3) is 0 Å². The number of ether oxygens (including phenoxy) is 3. The number of methoxy groups -OCH3 is 2. The topological polar surface area (TPSA) is 76.3 Å². The van der Waals surface area contributed by atoms with Crippen molar-refractivity contribution in [2.24, 2.45) is 0 Å². The molecule has 2 heterocycles. The van der Waals surface area contributed by atoms with Gasteiger partial charge >= 0.3 is 11.5 Å². The maximum Gasteiger partial charge on any atom is 0.365 e.